The van der Waals surface area contributed by atoms with E-state index in [0.29, 0.717) is 11.1 Å². The van der Waals surface area contributed by atoms with Crippen LogP contribution < -0.4 is 0 Å². The summed E-state index contributed by atoms with van der Waals surface area (Å²) in [6, 6.07) is 15.5. The standard InChI is InChI=1S/C23H13F5N2/c24-19-2-1-3-20(25)21(19)22-29-12-17(13-30-22)16-6-4-14(5-7-16)15-8-10-18(11-9-15)23(26,27)28/h1-13H. The van der Waals surface area contributed by atoms with Gasteiger partial charge in [-0.2, -0.15) is 13.2 Å². The Morgan fingerprint density at radius 2 is 1.00 bits per heavy atom. The van der Waals surface area contributed by atoms with Crippen LogP contribution in [0.1, 0.15) is 5.56 Å². The molecule has 0 radical (unpaired) electrons. The van der Waals surface area contributed by atoms with Gasteiger partial charge in [0.15, 0.2) is 5.82 Å². The van der Waals surface area contributed by atoms with E-state index in [0.717, 1.165) is 35.4 Å². The van der Waals surface area contributed by atoms with Gasteiger partial charge in [-0.1, -0.05) is 42.5 Å². The van der Waals surface area contributed by atoms with Crippen molar-refractivity contribution in [3.8, 4) is 33.6 Å². The molecule has 0 N–H and O–H groups in total. The lowest BCUT2D eigenvalue weighted by molar-refractivity contribution is -0.137. The van der Waals surface area contributed by atoms with Gasteiger partial charge in [0.2, 0.25) is 0 Å². The summed E-state index contributed by atoms with van der Waals surface area (Å²) in [4.78, 5) is 8.13. The third kappa shape index (κ3) is 3.91. The molecule has 0 atom stereocenters. The fourth-order valence-corrected chi connectivity index (χ4v) is 3.02. The highest BCUT2D eigenvalue weighted by Gasteiger charge is 2.29. The van der Waals surface area contributed by atoms with E-state index in [2.05, 4.69) is 9.97 Å². The van der Waals surface area contributed by atoms with Crippen molar-refractivity contribution in [1.82, 2.24) is 9.97 Å². The van der Waals surface area contributed by atoms with Crippen molar-refractivity contribution in [2.24, 2.45) is 0 Å². The highest BCUT2D eigenvalue weighted by Crippen LogP contribution is 2.31. The molecule has 0 bridgehead atoms. The zero-order valence-corrected chi connectivity index (χ0v) is 15.3. The fourth-order valence-electron chi connectivity index (χ4n) is 3.02. The monoisotopic (exact) mass is 412 g/mol. The lowest BCUT2D eigenvalue weighted by Crippen LogP contribution is -2.03. The lowest BCUT2D eigenvalue weighted by Gasteiger charge is -2.09. The van der Waals surface area contributed by atoms with Gasteiger partial charge >= 0.3 is 6.18 Å². The molecule has 0 aliphatic heterocycles. The van der Waals surface area contributed by atoms with E-state index in [9.17, 15) is 22.0 Å². The molecule has 4 rings (SSSR count). The van der Waals surface area contributed by atoms with Crippen LogP contribution in [-0.4, -0.2) is 9.97 Å². The minimum absolute atomic E-state index is 0.0595. The summed E-state index contributed by atoms with van der Waals surface area (Å²) < 4.78 is 65.8. The van der Waals surface area contributed by atoms with E-state index < -0.39 is 23.4 Å². The molecule has 1 heterocycles. The molecule has 0 aliphatic rings. The van der Waals surface area contributed by atoms with Crippen LogP contribution in [0.5, 0.6) is 0 Å². The molecular formula is C23H13F5N2. The van der Waals surface area contributed by atoms with E-state index in [-0.39, 0.29) is 11.4 Å². The predicted octanol–water partition coefficient (Wildman–Crippen LogP) is 6.77. The average Bonchev–Trinajstić information content (AvgIpc) is 2.74. The molecule has 0 saturated carbocycles. The van der Waals surface area contributed by atoms with Gasteiger partial charge in [-0.05, 0) is 41.0 Å². The van der Waals surface area contributed by atoms with E-state index in [1.54, 1.807) is 24.3 Å². The molecule has 0 saturated heterocycles. The summed E-state index contributed by atoms with van der Waals surface area (Å²) in [6.07, 6.45) is -1.46. The molecule has 0 aliphatic carbocycles. The van der Waals surface area contributed by atoms with Crippen molar-refractivity contribution >= 4 is 0 Å². The molecule has 3 aromatic carbocycles. The van der Waals surface area contributed by atoms with E-state index in [4.69, 9.17) is 0 Å². The Bertz CT molecular complexity index is 1150. The maximum atomic E-state index is 13.9. The van der Waals surface area contributed by atoms with Crippen LogP contribution in [0.3, 0.4) is 0 Å². The summed E-state index contributed by atoms with van der Waals surface area (Å²) in [6.45, 7) is 0. The first-order valence-corrected chi connectivity index (χ1v) is 8.87. The van der Waals surface area contributed by atoms with Gasteiger partial charge in [0.25, 0.3) is 0 Å². The predicted molar refractivity (Wildman–Crippen MR) is 103 cm³/mol. The number of halogens is 5. The molecule has 0 fully saturated rings. The number of alkyl halides is 3. The second-order valence-electron chi connectivity index (χ2n) is 6.54. The van der Waals surface area contributed by atoms with Gasteiger partial charge in [-0.3, -0.25) is 0 Å². The molecule has 0 unspecified atom stereocenters. The third-order valence-corrected chi connectivity index (χ3v) is 4.60. The van der Waals surface area contributed by atoms with Crippen LogP contribution in [-0.2, 0) is 6.18 Å². The Morgan fingerprint density at radius 1 is 0.567 bits per heavy atom. The second kappa shape index (κ2) is 7.67. The van der Waals surface area contributed by atoms with E-state index in [1.165, 1.54) is 30.6 Å². The Morgan fingerprint density at radius 3 is 1.47 bits per heavy atom. The number of nitrogens with zero attached hydrogens (tertiary/aromatic N) is 2. The highest BCUT2D eigenvalue weighted by molar-refractivity contribution is 5.70. The average molecular weight is 412 g/mol. The first-order valence-electron chi connectivity index (χ1n) is 8.87. The summed E-state index contributed by atoms with van der Waals surface area (Å²) in [7, 11) is 0. The molecule has 2 nitrogen and oxygen atoms in total. The van der Waals surface area contributed by atoms with Gasteiger partial charge in [-0.15, -0.1) is 0 Å². The van der Waals surface area contributed by atoms with Crippen molar-refractivity contribution in [3.05, 3.63) is 96.3 Å². The molecule has 1 aromatic heterocycles. The number of rotatable bonds is 3. The molecule has 7 heteroatoms. The van der Waals surface area contributed by atoms with E-state index >= 15 is 0 Å². The van der Waals surface area contributed by atoms with Crippen molar-refractivity contribution in [3.63, 3.8) is 0 Å². The summed E-state index contributed by atoms with van der Waals surface area (Å²) >= 11 is 0. The smallest absolute Gasteiger partial charge is 0.236 e. The van der Waals surface area contributed by atoms with E-state index in [1.807, 2.05) is 0 Å². The van der Waals surface area contributed by atoms with Gasteiger partial charge in [0.05, 0.1) is 11.1 Å². The second-order valence-corrected chi connectivity index (χ2v) is 6.54. The zero-order chi connectivity index (χ0) is 21.3. The molecule has 0 amide bonds. The topological polar surface area (TPSA) is 25.8 Å². The van der Waals surface area contributed by atoms with Crippen molar-refractivity contribution in [2.45, 2.75) is 6.18 Å². The van der Waals surface area contributed by atoms with Crippen molar-refractivity contribution in [1.29, 1.82) is 0 Å². The van der Waals surface area contributed by atoms with Crippen LogP contribution in [0.25, 0.3) is 33.6 Å². The molecule has 30 heavy (non-hydrogen) atoms. The maximum Gasteiger partial charge on any atom is 0.416 e. The van der Waals surface area contributed by atoms with Crippen LogP contribution in [0.4, 0.5) is 22.0 Å². The fraction of sp³-hybridized carbons (Fsp3) is 0.0435. The summed E-state index contributed by atoms with van der Waals surface area (Å²) in [5.74, 6) is -1.55. The Kier molecular flexibility index (Phi) is 5.03. The number of hydrogen-bond acceptors (Lipinski definition) is 2. The Balaban J connectivity index is 1.57. The van der Waals surface area contributed by atoms with Crippen molar-refractivity contribution in [2.75, 3.05) is 0 Å². The van der Waals surface area contributed by atoms with Gasteiger partial charge < -0.3 is 0 Å². The highest BCUT2D eigenvalue weighted by atomic mass is 19.4. The Labute approximate surface area is 168 Å². The molecular weight excluding hydrogens is 399 g/mol. The number of hydrogen-bond donors (Lipinski definition) is 0. The van der Waals surface area contributed by atoms with Crippen LogP contribution in [0.2, 0.25) is 0 Å². The first kappa shape index (κ1) is 19.7. The Hall–Kier alpha value is -3.61. The van der Waals surface area contributed by atoms with Crippen LogP contribution in [0.15, 0.2) is 79.1 Å². The minimum Gasteiger partial charge on any atom is -0.236 e. The summed E-state index contributed by atoms with van der Waals surface area (Å²) in [5, 5.41) is 0. The first-order chi connectivity index (χ1) is 14.3. The number of benzene rings is 3. The summed E-state index contributed by atoms with van der Waals surface area (Å²) in [5.41, 5.74) is 1.79. The molecule has 150 valence electrons. The maximum absolute atomic E-state index is 13.9. The SMILES string of the molecule is Fc1cccc(F)c1-c1ncc(-c2ccc(-c3ccc(C(F)(F)F)cc3)cc2)cn1. The lowest BCUT2D eigenvalue weighted by atomic mass is 10.0. The van der Waals surface area contributed by atoms with Crippen LogP contribution >= 0.6 is 0 Å². The van der Waals surface area contributed by atoms with Gasteiger partial charge in [-0.25, -0.2) is 18.7 Å². The quantitative estimate of drug-likeness (QED) is 0.347. The van der Waals surface area contributed by atoms with Crippen molar-refractivity contribution < 1.29 is 22.0 Å². The zero-order valence-electron chi connectivity index (χ0n) is 15.3. The van der Waals surface area contributed by atoms with Gasteiger partial charge in [0, 0.05) is 18.0 Å². The largest absolute Gasteiger partial charge is 0.416 e. The van der Waals surface area contributed by atoms with Gasteiger partial charge in [0.1, 0.15) is 11.6 Å². The number of aromatic nitrogens is 2. The molecule has 4 aromatic rings. The normalized spacial score (nSPS) is 11.5. The molecule has 0 spiro atoms. The van der Waals surface area contributed by atoms with Crippen LogP contribution in [0, 0.1) is 11.6 Å². The minimum atomic E-state index is -4.37. The third-order valence-electron chi connectivity index (χ3n) is 4.60.